The van der Waals surface area contributed by atoms with Crippen LogP contribution in [0.5, 0.6) is 0 Å². The van der Waals surface area contributed by atoms with Gasteiger partial charge in [0.05, 0.1) is 0 Å². The van der Waals surface area contributed by atoms with E-state index in [1.54, 1.807) is 42.7 Å². The van der Waals surface area contributed by atoms with E-state index in [2.05, 4.69) is 15.5 Å². The number of nitrogens with zero attached hydrogens (tertiary/aromatic N) is 3. The standard InChI is InChI=1S/C20H15FN4O2S/c1-25-12-22-24-20(25)28-16-8-6-15(7-9-16)23-19(26)18-11-10-17(27-18)13-2-4-14(21)5-3-13/h2-12H,1H3,(H,23,26). The van der Waals surface area contributed by atoms with Crippen LogP contribution in [0.15, 0.2) is 81.5 Å². The van der Waals surface area contributed by atoms with Crippen molar-refractivity contribution in [3.63, 3.8) is 0 Å². The van der Waals surface area contributed by atoms with E-state index < -0.39 is 0 Å². The van der Waals surface area contributed by atoms with Gasteiger partial charge in [0.25, 0.3) is 5.91 Å². The molecule has 0 aliphatic rings. The van der Waals surface area contributed by atoms with E-state index >= 15 is 0 Å². The number of anilines is 1. The van der Waals surface area contributed by atoms with Crippen molar-refractivity contribution in [2.24, 2.45) is 7.05 Å². The fourth-order valence-electron chi connectivity index (χ4n) is 2.50. The molecule has 0 unspecified atom stereocenters. The van der Waals surface area contributed by atoms with Crippen molar-refractivity contribution in [2.75, 3.05) is 5.32 Å². The van der Waals surface area contributed by atoms with Gasteiger partial charge in [-0.1, -0.05) is 0 Å². The number of aromatic nitrogens is 3. The Morgan fingerprint density at radius 2 is 1.82 bits per heavy atom. The third-order valence-corrected chi connectivity index (χ3v) is 5.01. The summed E-state index contributed by atoms with van der Waals surface area (Å²) in [5.74, 6) is -0.00596. The Bertz CT molecular complexity index is 1100. The molecule has 0 atom stereocenters. The quantitative estimate of drug-likeness (QED) is 0.535. The third-order valence-electron chi connectivity index (χ3n) is 3.95. The molecule has 8 heteroatoms. The van der Waals surface area contributed by atoms with Crippen LogP contribution in [-0.2, 0) is 7.05 Å². The molecule has 0 fully saturated rings. The second kappa shape index (κ2) is 7.69. The molecule has 0 spiro atoms. The maximum absolute atomic E-state index is 13.0. The summed E-state index contributed by atoms with van der Waals surface area (Å²) in [4.78, 5) is 13.4. The molecule has 2 aromatic heterocycles. The first-order valence-corrected chi connectivity index (χ1v) is 9.19. The number of benzene rings is 2. The fraction of sp³-hybridized carbons (Fsp3) is 0.0500. The van der Waals surface area contributed by atoms with Gasteiger partial charge in [0.1, 0.15) is 17.9 Å². The van der Waals surface area contributed by atoms with Crippen LogP contribution in [0, 0.1) is 5.82 Å². The summed E-state index contributed by atoms with van der Waals surface area (Å²) in [6.07, 6.45) is 1.64. The lowest BCUT2D eigenvalue weighted by molar-refractivity contribution is 0.0997. The van der Waals surface area contributed by atoms with Gasteiger partial charge in [-0.25, -0.2) is 4.39 Å². The molecule has 28 heavy (non-hydrogen) atoms. The van der Waals surface area contributed by atoms with Crippen molar-refractivity contribution in [3.05, 3.63) is 78.6 Å². The number of nitrogens with one attached hydrogen (secondary N) is 1. The van der Waals surface area contributed by atoms with Crippen molar-refractivity contribution >= 4 is 23.4 Å². The normalized spacial score (nSPS) is 10.8. The predicted octanol–water partition coefficient (Wildman–Crippen LogP) is 4.62. The number of amides is 1. The first-order valence-electron chi connectivity index (χ1n) is 8.37. The summed E-state index contributed by atoms with van der Waals surface area (Å²) in [6, 6.07) is 16.6. The smallest absolute Gasteiger partial charge is 0.291 e. The molecule has 1 N–H and O–H groups in total. The third kappa shape index (κ3) is 3.96. The van der Waals surface area contributed by atoms with Gasteiger partial charge in [-0.2, -0.15) is 0 Å². The molecular weight excluding hydrogens is 379 g/mol. The zero-order chi connectivity index (χ0) is 19.5. The van der Waals surface area contributed by atoms with Crippen molar-refractivity contribution in [1.29, 1.82) is 0 Å². The van der Waals surface area contributed by atoms with Crippen LogP contribution in [0.3, 0.4) is 0 Å². The summed E-state index contributed by atoms with van der Waals surface area (Å²) < 4.78 is 20.5. The fourth-order valence-corrected chi connectivity index (χ4v) is 3.26. The second-order valence-electron chi connectivity index (χ2n) is 5.98. The number of rotatable bonds is 5. The van der Waals surface area contributed by atoms with E-state index in [-0.39, 0.29) is 17.5 Å². The first-order chi connectivity index (χ1) is 13.6. The Morgan fingerprint density at radius 1 is 1.07 bits per heavy atom. The molecule has 0 aliphatic heterocycles. The lowest BCUT2D eigenvalue weighted by Crippen LogP contribution is -2.10. The largest absolute Gasteiger partial charge is 0.451 e. The highest BCUT2D eigenvalue weighted by atomic mass is 32.2. The van der Waals surface area contributed by atoms with E-state index in [0.717, 1.165) is 10.1 Å². The Kier molecular flexibility index (Phi) is 4.94. The monoisotopic (exact) mass is 394 g/mol. The van der Waals surface area contributed by atoms with Gasteiger partial charge in [-0.3, -0.25) is 4.79 Å². The topological polar surface area (TPSA) is 73.0 Å². The molecule has 0 aliphatic carbocycles. The maximum atomic E-state index is 13.0. The molecule has 0 saturated carbocycles. The van der Waals surface area contributed by atoms with Gasteiger partial charge in [-0.05, 0) is 72.4 Å². The summed E-state index contributed by atoms with van der Waals surface area (Å²) in [5.41, 5.74) is 1.35. The molecule has 1 amide bonds. The average molecular weight is 394 g/mol. The van der Waals surface area contributed by atoms with Crippen molar-refractivity contribution < 1.29 is 13.6 Å². The van der Waals surface area contributed by atoms with E-state index in [4.69, 9.17) is 4.42 Å². The van der Waals surface area contributed by atoms with E-state index in [1.807, 2.05) is 23.7 Å². The van der Waals surface area contributed by atoms with E-state index in [9.17, 15) is 9.18 Å². The molecule has 2 heterocycles. The Morgan fingerprint density at radius 3 is 2.50 bits per heavy atom. The highest BCUT2D eigenvalue weighted by Gasteiger charge is 2.13. The number of hydrogen-bond donors (Lipinski definition) is 1. The van der Waals surface area contributed by atoms with Gasteiger partial charge in [0.2, 0.25) is 0 Å². The Balaban J connectivity index is 1.42. The SMILES string of the molecule is Cn1cnnc1Sc1ccc(NC(=O)c2ccc(-c3ccc(F)cc3)o2)cc1. The lowest BCUT2D eigenvalue weighted by Gasteiger charge is -2.05. The van der Waals surface area contributed by atoms with E-state index in [0.29, 0.717) is 17.0 Å². The number of hydrogen-bond acceptors (Lipinski definition) is 5. The Hall–Kier alpha value is -3.39. The molecule has 4 rings (SSSR count). The van der Waals surface area contributed by atoms with Gasteiger partial charge >= 0.3 is 0 Å². The second-order valence-corrected chi connectivity index (χ2v) is 7.02. The van der Waals surface area contributed by atoms with Crippen LogP contribution in [0.4, 0.5) is 10.1 Å². The molecule has 2 aromatic carbocycles. The average Bonchev–Trinajstić information content (AvgIpc) is 3.34. The molecule has 0 bridgehead atoms. The van der Waals surface area contributed by atoms with Crippen LogP contribution in [0.1, 0.15) is 10.6 Å². The van der Waals surface area contributed by atoms with Crippen molar-refractivity contribution in [2.45, 2.75) is 10.1 Å². The highest BCUT2D eigenvalue weighted by molar-refractivity contribution is 7.99. The number of carbonyl (C=O) groups is 1. The van der Waals surface area contributed by atoms with Crippen LogP contribution in [-0.4, -0.2) is 20.7 Å². The molecule has 6 nitrogen and oxygen atoms in total. The molecule has 0 saturated heterocycles. The van der Waals surface area contributed by atoms with Crippen molar-refractivity contribution in [1.82, 2.24) is 14.8 Å². The molecule has 4 aromatic rings. The summed E-state index contributed by atoms with van der Waals surface area (Å²) in [6.45, 7) is 0. The molecule has 140 valence electrons. The first kappa shape index (κ1) is 18.0. The number of aryl methyl sites for hydroxylation is 1. The summed E-state index contributed by atoms with van der Waals surface area (Å²) in [7, 11) is 1.88. The highest BCUT2D eigenvalue weighted by Crippen LogP contribution is 2.27. The maximum Gasteiger partial charge on any atom is 0.291 e. The van der Waals surface area contributed by atoms with Gasteiger partial charge in [0, 0.05) is 23.2 Å². The van der Waals surface area contributed by atoms with Gasteiger partial charge < -0.3 is 14.3 Å². The molecule has 0 radical (unpaired) electrons. The minimum absolute atomic E-state index is 0.178. The number of furan rings is 1. The number of halogens is 1. The van der Waals surface area contributed by atoms with Crippen LogP contribution in [0.2, 0.25) is 0 Å². The zero-order valence-electron chi connectivity index (χ0n) is 14.8. The minimum atomic E-state index is -0.359. The summed E-state index contributed by atoms with van der Waals surface area (Å²) >= 11 is 1.48. The lowest BCUT2D eigenvalue weighted by atomic mass is 10.2. The van der Waals surface area contributed by atoms with E-state index in [1.165, 1.54) is 23.9 Å². The minimum Gasteiger partial charge on any atom is -0.451 e. The predicted molar refractivity (Wildman–Crippen MR) is 104 cm³/mol. The van der Waals surface area contributed by atoms with Gasteiger partial charge in [-0.15, -0.1) is 10.2 Å². The van der Waals surface area contributed by atoms with Gasteiger partial charge in [0.15, 0.2) is 10.9 Å². The Labute approximate surface area is 164 Å². The van der Waals surface area contributed by atoms with Crippen molar-refractivity contribution in [3.8, 4) is 11.3 Å². The van der Waals surface area contributed by atoms with Crippen LogP contribution in [0.25, 0.3) is 11.3 Å². The van der Waals surface area contributed by atoms with Crippen LogP contribution >= 0.6 is 11.8 Å². The zero-order valence-corrected chi connectivity index (χ0v) is 15.6. The molecular formula is C20H15FN4O2S. The van der Waals surface area contributed by atoms with Crippen LogP contribution < -0.4 is 5.32 Å². The summed E-state index contributed by atoms with van der Waals surface area (Å²) in [5, 5.41) is 11.4. The number of carbonyl (C=O) groups excluding carboxylic acids is 1.